The molecule has 0 saturated heterocycles. The predicted octanol–water partition coefficient (Wildman–Crippen LogP) is 5.05. The van der Waals surface area contributed by atoms with Gasteiger partial charge in [0.05, 0.1) is 0 Å². The highest BCUT2D eigenvalue weighted by molar-refractivity contribution is 5.72. The molecule has 0 unspecified atom stereocenters. The zero-order valence-electron chi connectivity index (χ0n) is 10.3. The second-order valence-corrected chi connectivity index (χ2v) is 4.53. The summed E-state index contributed by atoms with van der Waals surface area (Å²) in [6, 6.07) is 18.2. The molecule has 1 nitrogen and oxygen atoms in total. The van der Waals surface area contributed by atoms with Gasteiger partial charge in [-0.1, -0.05) is 42.5 Å². The number of hydrogen-bond donors (Lipinski definition) is 0. The number of para-hydroxylation sites is 2. The van der Waals surface area contributed by atoms with E-state index in [1.807, 2.05) is 42.5 Å². The maximum absolute atomic E-state index is 5.98. The Labute approximate surface area is 108 Å². The SMILES string of the molecule is C1=C(c2ccccc2Oc2ccccc2)CCC1. The molecule has 0 radical (unpaired) electrons. The first kappa shape index (κ1) is 11.1. The van der Waals surface area contributed by atoms with Crippen molar-refractivity contribution in [2.45, 2.75) is 19.3 Å². The van der Waals surface area contributed by atoms with E-state index in [2.05, 4.69) is 18.2 Å². The summed E-state index contributed by atoms with van der Waals surface area (Å²) in [6.07, 6.45) is 5.94. The molecular formula is C17H16O. The summed E-state index contributed by atoms with van der Waals surface area (Å²) in [5.74, 6) is 1.85. The molecule has 18 heavy (non-hydrogen) atoms. The summed E-state index contributed by atoms with van der Waals surface area (Å²) in [7, 11) is 0. The summed E-state index contributed by atoms with van der Waals surface area (Å²) in [4.78, 5) is 0. The van der Waals surface area contributed by atoms with Gasteiger partial charge in [-0.05, 0) is 43.0 Å². The third-order valence-corrected chi connectivity index (χ3v) is 3.25. The van der Waals surface area contributed by atoms with Gasteiger partial charge in [-0.25, -0.2) is 0 Å². The summed E-state index contributed by atoms with van der Waals surface area (Å²) < 4.78 is 5.98. The lowest BCUT2D eigenvalue weighted by Crippen LogP contribution is -1.90. The van der Waals surface area contributed by atoms with E-state index in [1.54, 1.807) is 0 Å². The van der Waals surface area contributed by atoms with Gasteiger partial charge in [-0.3, -0.25) is 0 Å². The molecular weight excluding hydrogens is 220 g/mol. The highest BCUT2D eigenvalue weighted by atomic mass is 16.5. The van der Waals surface area contributed by atoms with Crippen LogP contribution in [0.4, 0.5) is 0 Å². The molecule has 1 aliphatic carbocycles. The lowest BCUT2D eigenvalue weighted by Gasteiger charge is -2.11. The third-order valence-electron chi connectivity index (χ3n) is 3.25. The van der Waals surface area contributed by atoms with E-state index in [0.717, 1.165) is 17.9 Å². The van der Waals surface area contributed by atoms with Crippen molar-refractivity contribution in [1.82, 2.24) is 0 Å². The van der Waals surface area contributed by atoms with Gasteiger partial charge in [0.1, 0.15) is 11.5 Å². The van der Waals surface area contributed by atoms with Crippen LogP contribution in [0.1, 0.15) is 24.8 Å². The lowest BCUT2D eigenvalue weighted by molar-refractivity contribution is 0.481. The number of benzene rings is 2. The van der Waals surface area contributed by atoms with Crippen LogP contribution in [0.2, 0.25) is 0 Å². The third kappa shape index (κ3) is 2.30. The van der Waals surface area contributed by atoms with Crippen LogP contribution in [0.5, 0.6) is 11.5 Å². The molecule has 0 amide bonds. The topological polar surface area (TPSA) is 9.23 Å². The fourth-order valence-electron chi connectivity index (χ4n) is 2.35. The summed E-state index contributed by atoms with van der Waals surface area (Å²) >= 11 is 0. The quantitative estimate of drug-likeness (QED) is 0.725. The molecule has 0 bridgehead atoms. The monoisotopic (exact) mass is 236 g/mol. The van der Waals surface area contributed by atoms with Gasteiger partial charge in [0, 0.05) is 5.56 Å². The van der Waals surface area contributed by atoms with Gasteiger partial charge in [0.15, 0.2) is 0 Å². The van der Waals surface area contributed by atoms with Crippen molar-refractivity contribution >= 4 is 5.57 Å². The smallest absolute Gasteiger partial charge is 0.134 e. The zero-order valence-corrected chi connectivity index (χ0v) is 10.3. The molecule has 0 spiro atoms. The maximum Gasteiger partial charge on any atom is 0.134 e. The van der Waals surface area contributed by atoms with Gasteiger partial charge in [0.25, 0.3) is 0 Å². The summed E-state index contributed by atoms with van der Waals surface area (Å²) in [5.41, 5.74) is 2.65. The Balaban J connectivity index is 1.92. The predicted molar refractivity (Wildman–Crippen MR) is 74.8 cm³/mol. The Kier molecular flexibility index (Phi) is 3.14. The van der Waals surface area contributed by atoms with Crippen LogP contribution in [-0.4, -0.2) is 0 Å². The van der Waals surface area contributed by atoms with Crippen LogP contribution >= 0.6 is 0 Å². The highest BCUT2D eigenvalue weighted by Crippen LogP contribution is 2.35. The van der Waals surface area contributed by atoms with Crippen molar-refractivity contribution in [2.24, 2.45) is 0 Å². The van der Waals surface area contributed by atoms with Gasteiger partial charge in [0.2, 0.25) is 0 Å². The van der Waals surface area contributed by atoms with Gasteiger partial charge >= 0.3 is 0 Å². The average Bonchev–Trinajstić information content (AvgIpc) is 2.94. The molecule has 0 atom stereocenters. The first-order valence-electron chi connectivity index (χ1n) is 6.45. The summed E-state index contributed by atoms with van der Waals surface area (Å²) in [5, 5.41) is 0. The van der Waals surface area contributed by atoms with E-state index in [9.17, 15) is 0 Å². The minimum Gasteiger partial charge on any atom is -0.457 e. The maximum atomic E-state index is 5.98. The van der Waals surface area contributed by atoms with E-state index < -0.39 is 0 Å². The van der Waals surface area contributed by atoms with E-state index in [0.29, 0.717) is 0 Å². The summed E-state index contributed by atoms with van der Waals surface area (Å²) in [6.45, 7) is 0. The Morgan fingerprint density at radius 2 is 1.61 bits per heavy atom. The Hall–Kier alpha value is -2.02. The van der Waals surface area contributed by atoms with Crippen molar-refractivity contribution < 1.29 is 4.74 Å². The molecule has 3 rings (SSSR count). The van der Waals surface area contributed by atoms with E-state index >= 15 is 0 Å². The Morgan fingerprint density at radius 3 is 2.39 bits per heavy atom. The minimum absolute atomic E-state index is 0.892. The fraction of sp³-hybridized carbons (Fsp3) is 0.176. The van der Waals surface area contributed by atoms with Crippen LogP contribution in [0, 0.1) is 0 Å². The van der Waals surface area contributed by atoms with E-state index in [4.69, 9.17) is 4.74 Å². The highest BCUT2D eigenvalue weighted by Gasteiger charge is 2.12. The second kappa shape index (κ2) is 5.09. The van der Waals surface area contributed by atoms with Crippen LogP contribution in [0.25, 0.3) is 5.57 Å². The second-order valence-electron chi connectivity index (χ2n) is 4.53. The van der Waals surface area contributed by atoms with Crippen LogP contribution < -0.4 is 4.74 Å². The molecule has 0 saturated carbocycles. The standard InChI is InChI=1S/C17H16O/c1-2-10-15(11-3-1)18-17-13-7-6-12-16(17)14-8-4-5-9-14/h1-3,6-8,10-13H,4-5,9H2. The van der Waals surface area contributed by atoms with Crippen molar-refractivity contribution in [2.75, 3.05) is 0 Å². The average molecular weight is 236 g/mol. The molecule has 2 aromatic carbocycles. The number of hydrogen-bond acceptors (Lipinski definition) is 1. The van der Waals surface area contributed by atoms with Gasteiger partial charge in [-0.2, -0.15) is 0 Å². The molecule has 90 valence electrons. The zero-order chi connectivity index (χ0) is 12.2. The number of rotatable bonds is 3. The first-order chi connectivity index (χ1) is 8.93. The van der Waals surface area contributed by atoms with Gasteiger partial charge < -0.3 is 4.74 Å². The van der Waals surface area contributed by atoms with Crippen LogP contribution in [-0.2, 0) is 0 Å². The van der Waals surface area contributed by atoms with Crippen molar-refractivity contribution in [3.05, 3.63) is 66.2 Å². The Bertz CT molecular complexity index is 555. The molecule has 0 heterocycles. The van der Waals surface area contributed by atoms with E-state index in [1.165, 1.54) is 24.0 Å². The first-order valence-corrected chi connectivity index (χ1v) is 6.45. The molecule has 0 aliphatic heterocycles. The molecule has 0 fully saturated rings. The molecule has 1 heteroatoms. The van der Waals surface area contributed by atoms with Crippen molar-refractivity contribution in [3.63, 3.8) is 0 Å². The minimum atomic E-state index is 0.892. The van der Waals surface area contributed by atoms with Crippen molar-refractivity contribution in [3.8, 4) is 11.5 Å². The Morgan fingerprint density at radius 1 is 0.833 bits per heavy atom. The largest absolute Gasteiger partial charge is 0.457 e. The molecule has 2 aromatic rings. The number of ether oxygens (including phenoxy) is 1. The molecule has 0 aromatic heterocycles. The van der Waals surface area contributed by atoms with Crippen LogP contribution in [0.3, 0.4) is 0 Å². The fourth-order valence-corrected chi connectivity index (χ4v) is 2.35. The molecule has 1 aliphatic rings. The van der Waals surface area contributed by atoms with Crippen molar-refractivity contribution in [1.29, 1.82) is 0 Å². The molecule has 0 N–H and O–H groups in total. The van der Waals surface area contributed by atoms with E-state index in [-0.39, 0.29) is 0 Å². The lowest BCUT2D eigenvalue weighted by atomic mass is 10.0. The normalized spacial score (nSPS) is 14.3. The van der Waals surface area contributed by atoms with Crippen LogP contribution in [0.15, 0.2) is 60.7 Å². The number of allylic oxidation sites excluding steroid dienone is 2. The van der Waals surface area contributed by atoms with Gasteiger partial charge in [-0.15, -0.1) is 0 Å².